The van der Waals surface area contributed by atoms with Gasteiger partial charge in [0.1, 0.15) is 0 Å². The Labute approximate surface area is 199 Å². The molecule has 1 amide bonds. The molecule has 174 valence electrons. The van der Waals surface area contributed by atoms with Gasteiger partial charge in [0.25, 0.3) is 5.69 Å². The number of pyridine rings is 1. The Kier molecular flexibility index (Phi) is 6.94. The molecule has 0 radical (unpaired) electrons. The number of fused-ring (bicyclic) bond motifs is 1. The summed E-state index contributed by atoms with van der Waals surface area (Å²) in [6.45, 7) is 0.146. The Balaban J connectivity index is 1.55. The van der Waals surface area contributed by atoms with E-state index in [0.717, 1.165) is 11.3 Å². The summed E-state index contributed by atoms with van der Waals surface area (Å²) in [6.07, 6.45) is 1.76. The highest BCUT2D eigenvalue weighted by Crippen LogP contribution is 2.32. The molecule has 0 saturated carbocycles. The summed E-state index contributed by atoms with van der Waals surface area (Å²) in [7, 11) is -3.50. The number of aromatic nitrogens is 2. The number of anilines is 1. The number of benzene rings is 2. The highest BCUT2D eigenvalue weighted by molar-refractivity contribution is 7.91. The van der Waals surface area contributed by atoms with Gasteiger partial charge in [-0.15, -0.1) is 0 Å². The van der Waals surface area contributed by atoms with Crippen molar-refractivity contribution in [3.05, 3.63) is 88.7 Å². The molecular formula is C23H20N4O5S2. The first-order valence-corrected chi connectivity index (χ1v) is 12.8. The molecule has 9 nitrogen and oxygen atoms in total. The van der Waals surface area contributed by atoms with Crippen LogP contribution in [-0.4, -0.2) is 35.0 Å². The van der Waals surface area contributed by atoms with Crippen LogP contribution in [0.5, 0.6) is 0 Å². The molecule has 2 aromatic heterocycles. The van der Waals surface area contributed by atoms with E-state index in [2.05, 4.69) is 9.97 Å². The maximum atomic E-state index is 13.2. The predicted molar refractivity (Wildman–Crippen MR) is 129 cm³/mol. The number of non-ortho nitro benzene ring substituents is 1. The molecule has 0 saturated heterocycles. The number of nitro groups is 1. The van der Waals surface area contributed by atoms with E-state index in [4.69, 9.17) is 0 Å². The quantitative estimate of drug-likeness (QED) is 0.249. The second kappa shape index (κ2) is 10.1. The SMILES string of the molecule is O=C(CCCS(=O)(=O)c1ccccc1)N(Cc1ccccn1)c1nc2ccc([N+](=O)[O-])cc2s1. The summed E-state index contributed by atoms with van der Waals surface area (Å²) < 4.78 is 25.7. The first-order chi connectivity index (χ1) is 16.3. The predicted octanol–water partition coefficient (Wildman–Crippen LogP) is 4.39. The van der Waals surface area contributed by atoms with Crippen molar-refractivity contribution in [1.82, 2.24) is 9.97 Å². The number of amides is 1. The third-order valence-electron chi connectivity index (χ3n) is 5.06. The Morgan fingerprint density at radius 3 is 2.53 bits per heavy atom. The molecule has 11 heteroatoms. The normalized spacial score (nSPS) is 11.4. The second-order valence-corrected chi connectivity index (χ2v) is 10.6. The molecule has 0 atom stereocenters. The number of hydrogen-bond acceptors (Lipinski definition) is 8. The van der Waals surface area contributed by atoms with E-state index >= 15 is 0 Å². The van der Waals surface area contributed by atoms with Crippen LogP contribution in [0.25, 0.3) is 10.2 Å². The van der Waals surface area contributed by atoms with Crippen LogP contribution in [-0.2, 0) is 21.2 Å². The Morgan fingerprint density at radius 1 is 1.06 bits per heavy atom. The van der Waals surface area contributed by atoms with Gasteiger partial charge in [0.15, 0.2) is 15.0 Å². The van der Waals surface area contributed by atoms with E-state index in [1.165, 1.54) is 29.2 Å². The molecule has 0 fully saturated rings. The Hall–Kier alpha value is -3.70. The number of nitro benzene ring substituents is 1. The fourth-order valence-electron chi connectivity index (χ4n) is 3.34. The molecule has 0 aliphatic carbocycles. The molecule has 0 aliphatic heterocycles. The molecule has 4 aromatic rings. The minimum absolute atomic E-state index is 0.00499. The first-order valence-electron chi connectivity index (χ1n) is 10.4. The van der Waals surface area contributed by atoms with Gasteiger partial charge in [-0.3, -0.25) is 24.8 Å². The van der Waals surface area contributed by atoms with Crippen molar-refractivity contribution in [2.75, 3.05) is 10.7 Å². The molecule has 0 bridgehead atoms. The van der Waals surface area contributed by atoms with Crippen molar-refractivity contribution in [3.8, 4) is 0 Å². The second-order valence-electron chi connectivity index (χ2n) is 7.44. The summed E-state index contributed by atoms with van der Waals surface area (Å²) in [4.78, 5) is 34.2. The number of rotatable bonds is 9. The van der Waals surface area contributed by atoms with Gasteiger partial charge in [-0.1, -0.05) is 35.6 Å². The van der Waals surface area contributed by atoms with E-state index in [1.54, 1.807) is 48.7 Å². The lowest BCUT2D eigenvalue weighted by Crippen LogP contribution is -2.30. The fraction of sp³-hybridized carbons (Fsp3) is 0.174. The van der Waals surface area contributed by atoms with Crippen molar-refractivity contribution in [3.63, 3.8) is 0 Å². The molecule has 0 spiro atoms. The van der Waals surface area contributed by atoms with Crippen LogP contribution in [0.1, 0.15) is 18.5 Å². The average molecular weight is 497 g/mol. The van der Waals surface area contributed by atoms with E-state index in [0.29, 0.717) is 21.0 Å². The highest BCUT2D eigenvalue weighted by atomic mass is 32.2. The van der Waals surface area contributed by atoms with Gasteiger partial charge in [0.2, 0.25) is 5.91 Å². The van der Waals surface area contributed by atoms with Crippen molar-refractivity contribution in [2.24, 2.45) is 0 Å². The molecule has 4 rings (SSSR count). The molecule has 0 unspecified atom stereocenters. The maximum absolute atomic E-state index is 13.2. The Bertz CT molecular complexity index is 1420. The molecule has 34 heavy (non-hydrogen) atoms. The van der Waals surface area contributed by atoms with Crippen LogP contribution in [0.4, 0.5) is 10.8 Å². The highest BCUT2D eigenvalue weighted by Gasteiger charge is 2.23. The summed E-state index contributed by atoms with van der Waals surface area (Å²) >= 11 is 1.16. The van der Waals surface area contributed by atoms with E-state index in [1.807, 2.05) is 0 Å². The van der Waals surface area contributed by atoms with Gasteiger partial charge in [0.05, 0.1) is 38.0 Å². The minimum Gasteiger partial charge on any atom is -0.282 e. The summed E-state index contributed by atoms with van der Waals surface area (Å²) in [5.74, 6) is -0.464. The lowest BCUT2D eigenvalue weighted by Gasteiger charge is -2.19. The monoisotopic (exact) mass is 496 g/mol. The zero-order chi connectivity index (χ0) is 24.1. The van der Waals surface area contributed by atoms with E-state index in [9.17, 15) is 23.3 Å². The van der Waals surface area contributed by atoms with Gasteiger partial charge >= 0.3 is 0 Å². The van der Waals surface area contributed by atoms with Gasteiger partial charge < -0.3 is 0 Å². The number of carbonyl (C=O) groups excluding carboxylic acids is 1. The van der Waals surface area contributed by atoms with Crippen LogP contribution in [0.15, 0.2) is 77.8 Å². The lowest BCUT2D eigenvalue weighted by atomic mass is 10.2. The standard InChI is InChI=1S/C23H20N4O5S2/c28-22(10-6-14-34(31,32)19-8-2-1-3-9-19)26(16-17-7-4-5-13-24-17)23-25-20-12-11-18(27(29)30)15-21(20)33-23/h1-5,7-9,11-13,15H,6,10,14,16H2. The van der Waals surface area contributed by atoms with Crippen LogP contribution in [0.2, 0.25) is 0 Å². The van der Waals surface area contributed by atoms with E-state index in [-0.39, 0.29) is 41.6 Å². The van der Waals surface area contributed by atoms with Crippen LogP contribution in [0.3, 0.4) is 0 Å². The fourth-order valence-corrected chi connectivity index (χ4v) is 5.69. The number of thiazole rings is 1. The largest absolute Gasteiger partial charge is 0.282 e. The van der Waals surface area contributed by atoms with Crippen molar-refractivity contribution >= 4 is 48.1 Å². The minimum atomic E-state index is -3.50. The van der Waals surface area contributed by atoms with Crippen molar-refractivity contribution < 1.29 is 18.1 Å². The average Bonchev–Trinajstić information content (AvgIpc) is 3.26. The zero-order valence-corrected chi connectivity index (χ0v) is 19.5. The number of carbonyl (C=O) groups is 1. The van der Waals surface area contributed by atoms with E-state index < -0.39 is 14.8 Å². The van der Waals surface area contributed by atoms with Crippen LogP contribution < -0.4 is 4.90 Å². The lowest BCUT2D eigenvalue weighted by molar-refractivity contribution is -0.384. The van der Waals surface area contributed by atoms with Gasteiger partial charge in [0, 0.05) is 24.8 Å². The topological polar surface area (TPSA) is 123 Å². The summed E-state index contributed by atoms with van der Waals surface area (Å²) in [5, 5.41) is 11.5. The molecule has 2 heterocycles. The molecule has 2 aromatic carbocycles. The molecule has 0 aliphatic rings. The van der Waals surface area contributed by atoms with Gasteiger partial charge in [-0.25, -0.2) is 13.4 Å². The van der Waals surface area contributed by atoms with Gasteiger partial charge in [-0.05, 0) is 36.8 Å². The maximum Gasteiger partial charge on any atom is 0.270 e. The number of sulfone groups is 1. The van der Waals surface area contributed by atoms with Crippen molar-refractivity contribution in [2.45, 2.75) is 24.3 Å². The zero-order valence-electron chi connectivity index (χ0n) is 17.9. The molecule has 0 N–H and O–H groups in total. The van der Waals surface area contributed by atoms with Crippen LogP contribution >= 0.6 is 11.3 Å². The number of hydrogen-bond donors (Lipinski definition) is 0. The number of nitrogens with zero attached hydrogens (tertiary/aromatic N) is 4. The van der Waals surface area contributed by atoms with Gasteiger partial charge in [-0.2, -0.15) is 0 Å². The van der Waals surface area contributed by atoms with Crippen molar-refractivity contribution in [1.29, 1.82) is 0 Å². The summed E-state index contributed by atoms with van der Waals surface area (Å²) in [5.41, 5.74) is 1.12. The third-order valence-corrected chi connectivity index (χ3v) is 7.91. The molecular weight excluding hydrogens is 476 g/mol. The first kappa shape index (κ1) is 23.5. The summed E-state index contributed by atoms with van der Waals surface area (Å²) in [6, 6.07) is 17.8. The smallest absolute Gasteiger partial charge is 0.270 e. The van der Waals surface area contributed by atoms with Crippen LogP contribution in [0, 0.1) is 10.1 Å². The third kappa shape index (κ3) is 5.43. The Morgan fingerprint density at radius 2 is 1.82 bits per heavy atom.